The van der Waals surface area contributed by atoms with Crippen molar-refractivity contribution in [1.82, 2.24) is 24.8 Å². The number of likely N-dealkylation sites (tertiary alicyclic amines) is 1. The molecule has 3 aromatic heterocycles. The summed E-state index contributed by atoms with van der Waals surface area (Å²) in [5.74, 6) is 0.826. The van der Waals surface area contributed by atoms with Crippen molar-refractivity contribution in [3.8, 4) is 0 Å². The van der Waals surface area contributed by atoms with Gasteiger partial charge in [0.1, 0.15) is 5.82 Å². The zero-order valence-corrected chi connectivity index (χ0v) is 18.6. The van der Waals surface area contributed by atoms with E-state index >= 15 is 0 Å². The lowest BCUT2D eigenvalue weighted by Crippen LogP contribution is -2.24. The van der Waals surface area contributed by atoms with Crippen LogP contribution in [0.3, 0.4) is 0 Å². The van der Waals surface area contributed by atoms with Gasteiger partial charge in [-0.05, 0) is 45.4 Å². The normalized spacial score (nSPS) is 16.8. The highest BCUT2D eigenvalue weighted by Crippen LogP contribution is 2.34. The molecule has 1 saturated heterocycles. The molecule has 0 bridgehead atoms. The molecule has 0 saturated carbocycles. The number of thiazole rings is 1. The van der Waals surface area contributed by atoms with E-state index in [4.69, 9.17) is 9.72 Å². The minimum Gasteiger partial charge on any atom is -0.384 e. The van der Waals surface area contributed by atoms with Gasteiger partial charge in [-0.2, -0.15) is 0 Å². The van der Waals surface area contributed by atoms with Gasteiger partial charge in [0.05, 0.1) is 24.0 Å². The molecular formula is C22H28N6OS. The highest BCUT2D eigenvalue weighted by atomic mass is 32.1. The molecule has 8 heteroatoms. The zero-order chi connectivity index (χ0) is 20.9. The predicted octanol–water partition coefficient (Wildman–Crippen LogP) is 4.21. The maximum atomic E-state index is 5.10. The van der Waals surface area contributed by atoms with Gasteiger partial charge in [0.25, 0.3) is 0 Å². The molecule has 1 atom stereocenters. The number of ether oxygens (including phenoxy) is 1. The number of pyridine rings is 1. The largest absolute Gasteiger partial charge is 0.384 e. The number of hydrogen-bond acceptors (Lipinski definition) is 8. The Hall–Kier alpha value is -2.42. The Kier molecular flexibility index (Phi) is 6.66. The molecule has 1 N–H and O–H groups in total. The van der Waals surface area contributed by atoms with Crippen LogP contribution in [0.1, 0.15) is 47.4 Å². The van der Waals surface area contributed by atoms with Crippen LogP contribution in [0, 0.1) is 13.8 Å². The molecule has 3 aromatic rings. The van der Waals surface area contributed by atoms with E-state index < -0.39 is 0 Å². The first-order chi connectivity index (χ1) is 14.6. The van der Waals surface area contributed by atoms with E-state index in [9.17, 15) is 0 Å². The van der Waals surface area contributed by atoms with E-state index in [-0.39, 0.29) is 0 Å². The Bertz CT molecular complexity index is 974. The predicted molar refractivity (Wildman–Crippen MR) is 119 cm³/mol. The van der Waals surface area contributed by atoms with Crippen molar-refractivity contribution in [3.05, 3.63) is 58.4 Å². The van der Waals surface area contributed by atoms with Crippen LogP contribution in [0.5, 0.6) is 0 Å². The van der Waals surface area contributed by atoms with Gasteiger partial charge >= 0.3 is 0 Å². The molecule has 0 amide bonds. The van der Waals surface area contributed by atoms with Gasteiger partial charge in [-0.15, -0.1) is 11.3 Å². The third-order valence-corrected chi connectivity index (χ3v) is 6.10. The molecule has 0 aliphatic carbocycles. The van der Waals surface area contributed by atoms with Gasteiger partial charge in [0.2, 0.25) is 0 Å². The van der Waals surface area contributed by atoms with Gasteiger partial charge in [-0.25, -0.2) is 15.0 Å². The number of aromatic nitrogens is 4. The minimum absolute atomic E-state index is 0.302. The summed E-state index contributed by atoms with van der Waals surface area (Å²) in [6.45, 7) is 6.59. The van der Waals surface area contributed by atoms with E-state index in [1.165, 1.54) is 6.42 Å². The maximum Gasteiger partial charge on any atom is 0.187 e. The molecule has 1 fully saturated rings. The molecule has 0 radical (unpaired) electrons. The van der Waals surface area contributed by atoms with Gasteiger partial charge in [-0.3, -0.25) is 9.88 Å². The number of aryl methyl sites for hydroxylation is 2. The standard InChI is InChI=1S/C22H28N6OS/c1-15-9-18(27-22-26-16(2)14-30-22)10-19(25-15)20-5-4-7-28(20)13-17-11-23-21(24-12-17)6-8-29-3/h9-12,14,20H,4-8,13H2,1-3H3,(H,25,26,27)/t20-/m0/s1. The van der Waals surface area contributed by atoms with Crippen molar-refractivity contribution in [2.24, 2.45) is 0 Å². The van der Waals surface area contributed by atoms with Crippen LogP contribution in [0.25, 0.3) is 0 Å². The molecular weight excluding hydrogens is 396 g/mol. The molecule has 0 spiro atoms. The van der Waals surface area contributed by atoms with E-state index in [0.29, 0.717) is 12.6 Å². The number of rotatable bonds is 8. The molecule has 1 aliphatic heterocycles. The topological polar surface area (TPSA) is 76.1 Å². The summed E-state index contributed by atoms with van der Waals surface area (Å²) in [4.78, 5) is 20.8. The zero-order valence-electron chi connectivity index (χ0n) is 17.8. The lowest BCUT2D eigenvalue weighted by molar-refractivity contribution is 0.200. The molecule has 158 valence electrons. The lowest BCUT2D eigenvalue weighted by atomic mass is 10.1. The van der Waals surface area contributed by atoms with Crippen molar-refractivity contribution < 1.29 is 4.74 Å². The monoisotopic (exact) mass is 424 g/mol. The molecule has 7 nitrogen and oxygen atoms in total. The van der Waals surface area contributed by atoms with Crippen molar-refractivity contribution >= 4 is 22.2 Å². The van der Waals surface area contributed by atoms with Crippen LogP contribution in [-0.4, -0.2) is 45.1 Å². The first-order valence-corrected chi connectivity index (χ1v) is 11.2. The number of nitrogens with zero attached hydrogens (tertiary/aromatic N) is 5. The summed E-state index contributed by atoms with van der Waals surface area (Å²) in [5, 5.41) is 6.40. The van der Waals surface area contributed by atoms with Gasteiger partial charge in [-0.1, -0.05) is 0 Å². The number of methoxy groups -OCH3 is 1. The average Bonchev–Trinajstić information content (AvgIpc) is 3.36. The Labute approximate surface area is 181 Å². The maximum absolute atomic E-state index is 5.10. The second kappa shape index (κ2) is 9.59. The van der Waals surface area contributed by atoms with Crippen LogP contribution >= 0.6 is 11.3 Å². The molecule has 1 aliphatic rings. The fraction of sp³-hybridized carbons (Fsp3) is 0.455. The van der Waals surface area contributed by atoms with Gasteiger partial charge in [0, 0.05) is 54.8 Å². The summed E-state index contributed by atoms with van der Waals surface area (Å²) in [7, 11) is 1.69. The highest BCUT2D eigenvalue weighted by Gasteiger charge is 2.27. The Morgan fingerprint density at radius 3 is 2.73 bits per heavy atom. The summed E-state index contributed by atoms with van der Waals surface area (Å²) in [5.41, 5.74) is 5.34. The van der Waals surface area contributed by atoms with E-state index in [1.807, 2.05) is 26.2 Å². The van der Waals surface area contributed by atoms with Crippen LogP contribution in [0.4, 0.5) is 10.8 Å². The van der Waals surface area contributed by atoms with Crippen LogP contribution in [0.15, 0.2) is 29.9 Å². The first kappa shape index (κ1) is 20.8. The van der Waals surface area contributed by atoms with Crippen molar-refractivity contribution in [1.29, 1.82) is 0 Å². The molecule has 4 heterocycles. The van der Waals surface area contributed by atoms with Gasteiger partial charge in [0.15, 0.2) is 5.13 Å². The summed E-state index contributed by atoms with van der Waals surface area (Å²) >= 11 is 1.62. The van der Waals surface area contributed by atoms with E-state index in [0.717, 1.165) is 65.2 Å². The van der Waals surface area contributed by atoms with Crippen LogP contribution in [-0.2, 0) is 17.7 Å². The van der Waals surface area contributed by atoms with Crippen molar-refractivity contribution in [2.45, 2.75) is 45.7 Å². The van der Waals surface area contributed by atoms with E-state index in [2.05, 4.69) is 42.7 Å². The summed E-state index contributed by atoms with van der Waals surface area (Å²) < 4.78 is 5.10. The quantitative estimate of drug-likeness (QED) is 0.580. The number of hydrogen-bond donors (Lipinski definition) is 1. The fourth-order valence-corrected chi connectivity index (χ4v) is 4.55. The van der Waals surface area contributed by atoms with Crippen LogP contribution < -0.4 is 5.32 Å². The first-order valence-electron chi connectivity index (χ1n) is 10.3. The highest BCUT2D eigenvalue weighted by molar-refractivity contribution is 7.13. The summed E-state index contributed by atoms with van der Waals surface area (Å²) in [6.07, 6.45) is 6.90. The van der Waals surface area contributed by atoms with Gasteiger partial charge < -0.3 is 10.1 Å². The Balaban J connectivity index is 1.47. The minimum atomic E-state index is 0.302. The molecule has 30 heavy (non-hydrogen) atoms. The third kappa shape index (κ3) is 5.19. The third-order valence-electron chi connectivity index (χ3n) is 5.22. The second-order valence-corrected chi connectivity index (χ2v) is 8.58. The molecule has 0 unspecified atom stereocenters. The summed E-state index contributed by atoms with van der Waals surface area (Å²) in [6, 6.07) is 4.54. The number of anilines is 2. The van der Waals surface area contributed by atoms with Crippen LogP contribution in [0.2, 0.25) is 0 Å². The van der Waals surface area contributed by atoms with E-state index in [1.54, 1.807) is 18.4 Å². The smallest absolute Gasteiger partial charge is 0.187 e. The average molecular weight is 425 g/mol. The molecule has 0 aromatic carbocycles. The van der Waals surface area contributed by atoms with Crippen molar-refractivity contribution in [3.63, 3.8) is 0 Å². The SMILES string of the molecule is COCCc1ncc(CN2CCC[C@H]2c2cc(Nc3nc(C)cs3)cc(C)n2)cn1. The fourth-order valence-electron chi connectivity index (χ4n) is 3.84. The molecule has 4 rings (SSSR count). The second-order valence-electron chi connectivity index (χ2n) is 7.72. The lowest BCUT2D eigenvalue weighted by Gasteiger charge is -2.24. The number of nitrogens with one attached hydrogen (secondary N) is 1. The Morgan fingerprint density at radius 1 is 1.17 bits per heavy atom. The Morgan fingerprint density at radius 2 is 2.00 bits per heavy atom. The van der Waals surface area contributed by atoms with Crippen molar-refractivity contribution in [2.75, 3.05) is 25.6 Å².